The Morgan fingerprint density at radius 2 is 1.59 bits per heavy atom. The Balaban J connectivity index is 2.13. The number of benzene rings is 3. The molecular weight excluding hydrogens is 578 g/mol. The number of carbonyl (C=O) groups excluding carboxylic acids is 3. The molecular formula is C35H44ClN3O5. The Morgan fingerprint density at radius 3 is 2.20 bits per heavy atom. The van der Waals surface area contributed by atoms with E-state index < -0.39 is 35.6 Å². The highest BCUT2D eigenvalue weighted by Crippen LogP contribution is 2.32. The second-order valence-corrected chi connectivity index (χ2v) is 12.5. The Morgan fingerprint density at radius 1 is 0.955 bits per heavy atom. The van der Waals surface area contributed by atoms with Gasteiger partial charge in [0.15, 0.2) is 0 Å². The molecule has 3 aromatic rings. The van der Waals surface area contributed by atoms with Gasteiger partial charge in [0.2, 0.25) is 5.91 Å². The third kappa shape index (κ3) is 9.23. The van der Waals surface area contributed by atoms with E-state index in [1.165, 1.54) is 12.1 Å². The lowest BCUT2D eigenvalue weighted by atomic mass is 9.94. The number of anilines is 1. The maximum absolute atomic E-state index is 14.6. The number of alkyl carbamates (subject to hydrolysis) is 1. The van der Waals surface area contributed by atoms with Gasteiger partial charge in [0.1, 0.15) is 23.4 Å². The van der Waals surface area contributed by atoms with Crippen LogP contribution in [0.25, 0.3) is 0 Å². The number of amides is 3. The Kier molecular flexibility index (Phi) is 11.8. The lowest BCUT2D eigenvalue weighted by Gasteiger charge is -2.35. The summed E-state index contributed by atoms with van der Waals surface area (Å²) in [7, 11) is 0. The van der Waals surface area contributed by atoms with Gasteiger partial charge in [0.05, 0.1) is 10.7 Å². The molecule has 0 saturated heterocycles. The molecule has 0 aliphatic rings. The van der Waals surface area contributed by atoms with Crippen molar-refractivity contribution in [3.05, 3.63) is 93.5 Å². The molecule has 0 aliphatic carbocycles. The summed E-state index contributed by atoms with van der Waals surface area (Å²) in [5.74, 6) is -0.767. The average Bonchev–Trinajstić information content (AvgIpc) is 2.94. The highest BCUT2D eigenvalue weighted by molar-refractivity contribution is 6.34. The SMILES string of the molecule is CCCCN(C(=O)C(Cc1ccc(O)cc1)NC(=O)OC(C)(C)C)C(C(=O)Nc1c(C)cccc1Cl)c1cccc(C)c1C. The smallest absolute Gasteiger partial charge is 0.408 e. The van der Waals surface area contributed by atoms with Crippen molar-refractivity contribution in [3.8, 4) is 5.75 Å². The van der Waals surface area contributed by atoms with Crippen LogP contribution in [0.1, 0.15) is 74.4 Å². The molecule has 8 nitrogen and oxygen atoms in total. The lowest BCUT2D eigenvalue weighted by molar-refractivity contribution is -0.140. The van der Waals surface area contributed by atoms with E-state index in [9.17, 15) is 19.5 Å². The number of hydrogen-bond donors (Lipinski definition) is 3. The molecule has 0 bridgehead atoms. The lowest BCUT2D eigenvalue weighted by Crippen LogP contribution is -2.53. The minimum absolute atomic E-state index is 0.0859. The number of ether oxygens (including phenoxy) is 1. The molecule has 2 atom stereocenters. The van der Waals surface area contributed by atoms with Gasteiger partial charge in [-0.05, 0) is 94.0 Å². The summed E-state index contributed by atoms with van der Waals surface area (Å²) in [6.45, 7) is 13.3. The molecule has 2 unspecified atom stereocenters. The summed E-state index contributed by atoms with van der Waals surface area (Å²) in [5, 5.41) is 16.0. The number of halogens is 1. The molecule has 0 spiro atoms. The number of aromatic hydroxyl groups is 1. The van der Waals surface area contributed by atoms with Crippen LogP contribution >= 0.6 is 11.6 Å². The van der Waals surface area contributed by atoms with E-state index in [1.54, 1.807) is 43.9 Å². The van der Waals surface area contributed by atoms with Crippen LogP contribution in [0, 0.1) is 20.8 Å². The van der Waals surface area contributed by atoms with Crippen LogP contribution in [0.4, 0.5) is 10.5 Å². The fraction of sp³-hybridized carbons (Fsp3) is 0.400. The molecule has 3 amide bonds. The van der Waals surface area contributed by atoms with Crippen molar-refractivity contribution in [1.82, 2.24) is 10.2 Å². The zero-order chi connectivity index (χ0) is 32.6. The van der Waals surface area contributed by atoms with Crippen molar-refractivity contribution in [2.24, 2.45) is 0 Å². The molecule has 236 valence electrons. The van der Waals surface area contributed by atoms with Crippen LogP contribution in [-0.4, -0.2) is 46.1 Å². The van der Waals surface area contributed by atoms with Crippen LogP contribution in [0.15, 0.2) is 60.7 Å². The van der Waals surface area contributed by atoms with Gasteiger partial charge in [-0.15, -0.1) is 0 Å². The van der Waals surface area contributed by atoms with E-state index in [1.807, 2.05) is 58.0 Å². The van der Waals surface area contributed by atoms with E-state index in [0.29, 0.717) is 28.3 Å². The molecule has 0 aliphatic heterocycles. The number of hydrogen-bond acceptors (Lipinski definition) is 5. The number of nitrogens with one attached hydrogen (secondary N) is 2. The van der Waals surface area contributed by atoms with Crippen molar-refractivity contribution in [1.29, 1.82) is 0 Å². The third-order valence-electron chi connectivity index (χ3n) is 7.37. The molecule has 0 saturated carbocycles. The maximum atomic E-state index is 14.6. The molecule has 3 N–H and O–H groups in total. The first-order valence-electron chi connectivity index (χ1n) is 14.9. The second kappa shape index (κ2) is 15.1. The van der Waals surface area contributed by atoms with Gasteiger partial charge < -0.3 is 25.4 Å². The summed E-state index contributed by atoms with van der Waals surface area (Å²) < 4.78 is 5.51. The van der Waals surface area contributed by atoms with Gasteiger partial charge in [-0.2, -0.15) is 0 Å². The van der Waals surface area contributed by atoms with Crippen molar-refractivity contribution < 1.29 is 24.2 Å². The predicted octanol–water partition coefficient (Wildman–Crippen LogP) is 7.42. The zero-order valence-corrected chi connectivity index (χ0v) is 27.4. The molecule has 3 rings (SSSR count). The van der Waals surface area contributed by atoms with Gasteiger partial charge in [-0.1, -0.05) is 67.4 Å². The molecule has 3 aromatic carbocycles. The van der Waals surface area contributed by atoms with Gasteiger partial charge in [0.25, 0.3) is 5.91 Å². The van der Waals surface area contributed by atoms with Gasteiger partial charge >= 0.3 is 6.09 Å². The fourth-order valence-corrected chi connectivity index (χ4v) is 5.18. The summed E-state index contributed by atoms with van der Waals surface area (Å²) in [6, 6.07) is 15.4. The molecule has 0 heterocycles. The number of para-hydroxylation sites is 1. The van der Waals surface area contributed by atoms with E-state index in [-0.39, 0.29) is 18.7 Å². The minimum atomic E-state index is -1.06. The Bertz CT molecular complexity index is 1450. The van der Waals surface area contributed by atoms with Crippen molar-refractivity contribution in [2.75, 3.05) is 11.9 Å². The van der Waals surface area contributed by atoms with Crippen LogP contribution in [0.3, 0.4) is 0 Å². The predicted molar refractivity (Wildman–Crippen MR) is 175 cm³/mol. The molecule has 0 radical (unpaired) electrons. The van der Waals surface area contributed by atoms with Crippen LogP contribution < -0.4 is 10.6 Å². The summed E-state index contributed by atoms with van der Waals surface area (Å²) >= 11 is 6.49. The highest BCUT2D eigenvalue weighted by atomic mass is 35.5. The van der Waals surface area contributed by atoms with Gasteiger partial charge in [-0.25, -0.2) is 4.79 Å². The number of rotatable bonds is 11. The topological polar surface area (TPSA) is 108 Å². The number of phenolic OH excluding ortho intramolecular Hbond substituents is 1. The number of phenols is 1. The Labute approximate surface area is 265 Å². The average molecular weight is 622 g/mol. The largest absolute Gasteiger partial charge is 0.508 e. The normalized spacial score (nSPS) is 12.6. The van der Waals surface area contributed by atoms with Crippen LogP contribution in [-0.2, 0) is 20.7 Å². The number of aryl methyl sites for hydroxylation is 2. The first kappa shape index (κ1) is 34.5. The molecule has 44 heavy (non-hydrogen) atoms. The highest BCUT2D eigenvalue weighted by Gasteiger charge is 2.37. The minimum Gasteiger partial charge on any atom is -0.508 e. The van der Waals surface area contributed by atoms with E-state index >= 15 is 0 Å². The van der Waals surface area contributed by atoms with E-state index in [0.717, 1.165) is 23.1 Å². The molecule has 9 heteroatoms. The standard InChI is InChI=1S/C35H44ClN3O5/c1-8-9-20-39(33(42)29(37-34(43)44-35(5,6)7)21-25-16-18-26(40)19-17-25)31(27-14-10-12-22(2)24(27)4)32(41)38-30-23(3)13-11-15-28(30)36/h10-19,29,31,40H,8-9,20-21H2,1-7H3,(H,37,43)(H,38,41). The third-order valence-corrected chi connectivity index (χ3v) is 7.69. The number of nitrogens with zero attached hydrogens (tertiary/aromatic N) is 1. The number of unbranched alkanes of at least 4 members (excludes halogenated alkanes) is 1. The molecule has 0 fully saturated rings. The van der Waals surface area contributed by atoms with E-state index in [4.69, 9.17) is 16.3 Å². The quantitative estimate of drug-likeness (QED) is 0.207. The first-order valence-corrected chi connectivity index (χ1v) is 15.3. The zero-order valence-electron chi connectivity index (χ0n) is 26.7. The van der Waals surface area contributed by atoms with E-state index in [2.05, 4.69) is 10.6 Å². The maximum Gasteiger partial charge on any atom is 0.408 e. The first-order chi connectivity index (χ1) is 20.7. The van der Waals surface area contributed by atoms with Crippen LogP contribution in [0.2, 0.25) is 5.02 Å². The van der Waals surface area contributed by atoms with Crippen molar-refractivity contribution >= 4 is 35.2 Å². The fourth-order valence-electron chi connectivity index (χ4n) is 4.92. The van der Waals surface area contributed by atoms with Crippen molar-refractivity contribution in [2.45, 2.75) is 85.4 Å². The van der Waals surface area contributed by atoms with Gasteiger partial charge in [-0.3, -0.25) is 9.59 Å². The van der Waals surface area contributed by atoms with Crippen molar-refractivity contribution in [3.63, 3.8) is 0 Å². The summed E-state index contributed by atoms with van der Waals surface area (Å²) in [4.78, 5) is 43.5. The second-order valence-electron chi connectivity index (χ2n) is 12.1. The molecule has 0 aromatic heterocycles. The summed E-state index contributed by atoms with van der Waals surface area (Å²) in [6.07, 6.45) is 0.774. The Hall–Kier alpha value is -4.04. The number of carbonyl (C=O) groups is 3. The summed E-state index contributed by atoms with van der Waals surface area (Å²) in [5.41, 5.74) is 3.73. The van der Waals surface area contributed by atoms with Crippen LogP contribution in [0.5, 0.6) is 5.75 Å². The monoisotopic (exact) mass is 621 g/mol. The van der Waals surface area contributed by atoms with Gasteiger partial charge in [0, 0.05) is 13.0 Å².